The van der Waals surface area contributed by atoms with E-state index in [9.17, 15) is 19.2 Å². The van der Waals surface area contributed by atoms with Gasteiger partial charge < -0.3 is 36.3 Å². The number of nitrogens with zero attached hydrogens (tertiary/aromatic N) is 4. The third-order valence-electron chi connectivity index (χ3n) is 6.97. The van der Waals surface area contributed by atoms with E-state index in [1.54, 1.807) is 45.4 Å². The van der Waals surface area contributed by atoms with Crippen LogP contribution >= 0.6 is 0 Å². The second kappa shape index (κ2) is 12.7. The van der Waals surface area contributed by atoms with E-state index in [1.165, 1.54) is 4.90 Å². The van der Waals surface area contributed by atoms with Crippen molar-refractivity contribution in [3.63, 3.8) is 0 Å². The molecule has 0 unspecified atom stereocenters. The van der Waals surface area contributed by atoms with E-state index in [1.807, 2.05) is 20.8 Å². The molecule has 1 aromatic heterocycles. The second-order valence-corrected chi connectivity index (χ2v) is 12.3. The van der Waals surface area contributed by atoms with E-state index in [-0.39, 0.29) is 64.2 Å². The van der Waals surface area contributed by atoms with Crippen molar-refractivity contribution < 1.29 is 61.4 Å². The summed E-state index contributed by atoms with van der Waals surface area (Å²) in [5.74, 6) is -1.74. The molecule has 13 heteroatoms. The maximum Gasteiger partial charge on any atom is 0.408 e. The Balaban J connectivity index is 0.00000560. The molecule has 1 aromatic rings. The number of carbonyl (C=O) groups is 4. The summed E-state index contributed by atoms with van der Waals surface area (Å²) >= 11 is 0. The summed E-state index contributed by atoms with van der Waals surface area (Å²) in [7, 11) is 0. The van der Waals surface area contributed by atoms with Gasteiger partial charge in [-0.15, -0.1) is 17.5 Å². The molecule has 0 bridgehead atoms. The monoisotopic (exact) mass is 634 g/mol. The maximum atomic E-state index is 14.1. The number of carbonyl (C=O) groups excluding carboxylic acids is 4. The molecule has 1 radical (unpaired) electrons. The Labute approximate surface area is 261 Å². The fraction of sp³-hybridized carbons (Fsp3) is 0.704. The summed E-state index contributed by atoms with van der Waals surface area (Å²) in [5, 5.41) is 13.5. The van der Waals surface area contributed by atoms with Gasteiger partial charge in [0.25, 0.3) is 0 Å². The summed E-state index contributed by atoms with van der Waals surface area (Å²) in [6.45, 7) is 18.2. The minimum absolute atomic E-state index is 0. The summed E-state index contributed by atoms with van der Waals surface area (Å²) in [5.41, 5.74) is -2.02. The van der Waals surface area contributed by atoms with Crippen LogP contribution < -0.4 is 10.6 Å². The zero-order valence-electron chi connectivity index (χ0n) is 24.7. The first-order chi connectivity index (χ1) is 18.0. The van der Waals surface area contributed by atoms with E-state index >= 15 is 0 Å². The second-order valence-electron chi connectivity index (χ2n) is 12.3. The Bertz CT molecular complexity index is 1130. The van der Waals surface area contributed by atoms with Crippen LogP contribution in [0.4, 0.5) is 4.79 Å². The van der Waals surface area contributed by atoms with Crippen LogP contribution in [0.5, 0.6) is 0 Å². The van der Waals surface area contributed by atoms with Crippen LogP contribution in [-0.4, -0.2) is 80.1 Å². The molecule has 12 nitrogen and oxygen atoms in total. The smallest absolute Gasteiger partial charge is 0.408 e. The van der Waals surface area contributed by atoms with Gasteiger partial charge in [0.15, 0.2) is 0 Å². The molecule has 1 aliphatic heterocycles. The van der Waals surface area contributed by atoms with Crippen LogP contribution in [-0.2, 0) is 56.6 Å². The molecule has 2 N–H and O–H groups in total. The fourth-order valence-corrected chi connectivity index (χ4v) is 4.90. The van der Waals surface area contributed by atoms with E-state index in [0.29, 0.717) is 12.1 Å². The first kappa shape index (κ1) is 33.9. The normalized spacial score (nSPS) is 24.8. The topological polar surface area (TPSA) is 145 Å². The van der Waals surface area contributed by atoms with Gasteiger partial charge >= 0.3 is 12.1 Å². The minimum atomic E-state index is -1.21. The molecule has 2 fully saturated rings. The predicted molar refractivity (Wildman–Crippen MR) is 141 cm³/mol. The number of hydrogen-bond donors (Lipinski definition) is 2. The number of aryl methyl sites for hydroxylation is 1. The maximum absolute atomic E-state index is 14.1. The van der Waals surface area contributed by atoms with Crippen molar-refractivity contribution in [3.05, 3.63) is 24.5 Å². The number of ether oxygens (including phenoxy) is 2. The van der Waals surface area contributed by atoms with Crippen LogP contribution in [0.25, 0.3) is 0 Å². The molecule has 1 saturated carbocycles. The summed E-state index contributed by atoms with van der Waals surface area (Å²) in [6, 6.07) is -2.29. The van der Waals surface area contributed by atoms with Crippen LogP contribution in [0.2, 0.25) is 0 Å². The van der Waals surface area contributed by atoms with Crippen LogP contribution in [0, 0.1) is 24.5 Å². The van der Waals surface area contributed by atoms with Crippen molar-refractivity contribution in [2.45, 2.75) is 97.5 Å². The van der Waals surface area contributed by atoms with Gasteiger partial charge in [0.2, 0.25) is 11.8 Å². The molecular weight excluding hydrogens is 593 g/mol. The summed E-state index contributed by atoms with van der Waals surface area (Å²) in [4.78, 5) is 54.7. The number of rotatable bonds is 8. The summed E-state index contributed by atoms with van der Waals surface area (Å²) in [6.07, 6.45) is 4.26. The molecule has 2 aliphatic rings. The molecule has 219 valence electrons. The van der Waals surface area contributed by atoms with Crippen molar-refractivity contribution in [1.82, 2.24) is 30.5 Å². The quantitative estimate of drug-likeness (QED) is 0.251. The zero-order valence-corrected chi connectivity index (χ0v) is 27.6. The van der Waals surface area contributed by atoms with Gasteiger partial charge in [-0.25, -0.2) is 9.59 Å². The average Bonchev–Trinajstić information content (AvgIpc) is 3.11. The number of amides is 3. The number of nitrogens with one attached hydrogen (secondary N) is 2. The molecular formula is C27H41N6O6Y-. The first-order valence-corrected chi connectivity index (χ1v) is 13.2. The fourth-order valence-electron chi connectivity index (χ4n) is 4.90. The van der Waals surface area contributed by atoms with Gasteiger partial charge in [-0.05, 0) is 39.5 Å². The Morgan fingerprint density at radius 3 is 2.35 bits per heavy atom. The molecule has 5 atom stereocenters. The van der Waals surface area contributed by atoms with Crippen LogP contribution in [0.1, 0.15) is 73.0 Å². The van der Waals surface area contributed by atoms with Gasteiger partial charge in [0.1, 0.15) is 23.2 Å². The Morgan fingerprint density at radius 1 is 1.23 bits per heavy atom. The van der Waals surface area contributed by atoms with Crippen LogP contribution in [0.15, 0.2) is 12.7 Å². The van der Waals surface area contributed by atoms with E-state index in [4.69, 9.17) is 9.47 Å². The molecule has 3 amide bonds. The molecule has 0 spiro atoms. The standard InChI is InChI=1S/C27H41N6O6.Y/c1-10-17-13-27(17,23(36)38-11-2)30-21(34)19-12-18(33-16(3)14-28-31-33)15-32(19)22(35)20(25(4,5)6)29-24(37)39-26(7,8)9;/h10,17-20H,1,11-13,15H2,2-9H3,(H,29,37)(H,30,34);/q-1;/t17-,18-,19+,20-,27-;/m1./s1. The Morgan fingerprint density at radius 2 is 1.88 bits per heavy atom. The number of esters is 1. The van der Waals surface area contributed by atoms with Gasteiger partial charge in [-0.1, -0.05) is 33.8 Å². The average molecular weight is 635 g/mol. The predicted octanol–water partition coefficient (Wildman–Crippen LogP) is 2.09. The molecule has 1 aliphatic carbocycles. The Hall–Kier alpha value is -2.34. The van der Waals surface area contributed by atoms with E-state index in [2.05, 4.69) is 33.7 Å². The third-order valence-corrected chi connectivity index (χ3v) is 6.97. The first-order valence-electron chi connectivity index (χ1n) is 13.2. The molecule has 40 heavy (non-hydrogen) atoms. The van der Waals surface area contributed by atoms with Crippen molar-refractivity contribution in [3.8, 4) is 0 Å². The molecule has 1 saturated heterocycles. The number of alkyl carbamates (subject to hydrolysis) is 1. The molecule has 2 heterocycles. The van der Waals surface area contributed by atoms with Gasteiger partial charge in [-0.3, -0.25) is 14.3 Å². The minimum Gasteiger partial charge on any atom is -0.464 e. The number of likely N-dealkylation sites (tertiary alicyclic amines) is 1. The summed E-state index contributed by atoms with van der Waals surface area (Å²) < 4.78 is 12.3. The van der Waals surface area contributed by atoms with E-state index in [0.717, 1.165) is 0 Å². The van der Waals surface area contributed by atoms with Crippen molar-refractivity contribution in [2.75, 3.05) is 13.2 Å². The van der Waals surface area contributed by atoms with Crippen LogP contribution in [0.3, 0.4) is 0 Å². The van der Waals surface area contributed by atoms with Crippen molar-refractivity contribution in [1.29, 1.82) is 0 Å². The van der Waals surface area contributed by atoms with Crippen molar-refractivity contribution >= 4 is 23.9 Å². The van der Waals surface area contributed by atoms with Gasteiger partial charge in [0, 0.05) is 51.6 Å². The zero-order chi connectivity index (χ0) is 29.3. The van der Waals surface area contributed by atoms with Crippen molar-refractivity contribution in [2.24, 2.45) is 11.3 Å². The SMILES string of the molecule is C=C[C@@H]1C[C@]1(NC(=O)[C@@H]1C[C@@H](n2nn[c-]c2C)CN1C(=O)[C@@H](NC(=O)OC(C)(C)C)C(C)(C)C)C(=O)OCC.[Y]. The largest absolute Gasteiger partial charge is 0.464 e. The van der Waals surface area contributed by atoms with Gasteiger partial charge in [0.05, 0.1) is 12.6 Å². The van der Waals surface area contributed by atoms with E-state index < -0.39 is 52.5 Å². The molecule has 0 aromatic carbocycles. The number of aromatic nitrogens is 3. The number of hydrogen-bond acceptors (Lipinski definition) is 8. The molecule has 3 rings (SSSR count). The van der Waals surface area contributed by atoms with Gasteiger partial charge in [-0.2, -0.15) is 0 Å². The Kier molecular flexibility index (Phi) is 10.7. The third kappa shape index (κ3) is 7.49.